The van der Waals surface area contributed by atoms with Gasteiger partial charge in [0.15, 0.2) is 0 Å². The van der Waals surface area contributed by atoms with Crippen molar-refractivity contribution >= 4 is 17.4 Å². The molecule has 4 rings (SSSR count). The smallest absolute Gasteiger partial charge is 0.258 e. The monoisotopic (exact) mass is 358 g/mol. The molecule has 1 aliphatic rings. The Morgan fingerprint density at radius 1 is 1.44 bits per heavy atom. The highest BCUT2D eigenvalue weighted by Crippen LogP contribution is 2.21. The van der Waals surface area contributed by atoms with Gasteiger partial charge >= 0.3 is 0 Å². The molecular weight excluding hydrogens is 340 g/mol. The third kappa shape index (κ3) is 3.42. The van der Waals surface area contributed by atoms with E-state index < -0.39 is 0 Å². The van der Waals surface area contributed by atoms with Crippen molar-refractivity contribution in [3.63, 3.8) is 0 Å². The van der Waals surface area contributed by atoms with E-state index in [1.807, 2.05) is 19.1 Å². The number of rotatable bonds is 5. The summed E-state index contributed by atoms with van der Waals surface area (Å²) < 4.78 is 8.96. The first kappa shape index (κ1) is 16.2. The molecule has 1 atom stereocenters. The first-order valence-electron chi connectivity index (χ1n) is 8.19. The lowest BCUT2D eigenvalue weighted by Gasteiger charge is -2.10. The zero-order chi connectivity index (χ0) is 17.2. The molecule has 3 aromatic heterocycles. The SMILES string of the molecule is Cc1cccn2c(=O)cc(CSc3nnnn3CC3CCCO3)nc12. The van der Waals surface area contributed by atoms with Crippen LogP contribution >= 0.6 is 11.8 Å². The number of thioether (sulfide) groups is 1. The largest absolute Gasteiger partial charge is 0.376 e. The Morgan fingerprint density at radius 2 is 2.36 bits per heavy atom. The fourth-order valence-electron chi connectivity index (χ4n) is 2.92. The van der Waals surface area contributed by atoms with Gasteiger partial charge in [-0.05, 0) is 41.8 Å². The summed E-state index contributed by atoms with van der Waals surface area (Å²) in [5.74, 6) is 0.534. The summed E-state index contributed by atoms with van der Waals surface area (Å²) in [4.78, 5) is 16.9. The molecule has 4 heterocycles. The van der Waals surface area contributed by atoms with Gasteiger partial charge in [0.05, 0.1) is 18.3 Å². The second-order valence-corrected chi connectivity index (χ2v) is 6.98. The molecule has 0 aromatic carbocycles. The number of tetrazole rings is 1. The fraction of sp³-hybridized carbons (Fsp3) is 0.438. The molecule has 9 heteroatoms. The van der Waals surface area contributed by atoms with Gasteiger partial charge in [0.1, 0.15) is 5.65 Å². The van der Waals surface area contributed by atoms with E-state index >= 15 is 0 Å². The van der Waals surface area contributed by atoms with Crippen LogP contribution in [0.3, 0.4) is 0 Å². The maximum Gasteiger partial charge on any atom is 0.258 e. The molecule has 1 aliphatic heterocycles. The van der Waals surface area contributed by atoms with Gasteiger partial charge in [-0.3, -0.25) is 9.20 Å². The van der Waals surface area contributed by atoms with Crippen LogP contribution in [-0.2, 0) is 17.0 Å². The van der Waals surface area contributed by atoms with Gasteiger partial charge in [0.25, 0.3) is 5.56 Å². The van der Waals surface area contributed by atoms with Crippen molar-refractivity contribution in [2.24, 2.45) is 0 Å². The van der Waals surface area contributed by atoms with Crippen molar-refractivity contribution in [1.29, 1.82) is 0 Å². The van der Waals surface area contributed by atoms with Crippen molar-refractivity contribution in [3.8, 4) is 0 Å². The molecule has 3 aromatic rings. The normalized spacial score (nSPS) is 17.4. The van der Waals surface area contributed by atoms with E-state index in [1.165, 1.54) is 11.8 Å². The highest BCUT2D eigenvalue weighted by atomic mass is 32.2. The van der Waals surface area contributed by atoms with Crippen molar-refractivity contribution in [1.82, 2.24) is 29.6 Å². The van der Waals surface area contributed by atoms with Crippen molar-refractivity contribution < 1.29 is 4.74 Å². The lowest BCUT2D eigenvalue weighted by Crippen LogP contribution is -2.17. The zero-order valence-electron chi connectivity index (χ0n) is 13.8. The highest BCUT2D eigenvalue weighted by molar-refractivity contribution is 7.98. The lowest BCUT2D eigenvalue weighted by atomic mass is 10.2. The van der Waals surface area contributed by atoms with E-state index in [4.69, 9.17) is 4.74 Å². The van der Waals surface area contributed by atoms with Crippen LogP contribution in [0.15, 0.2) is 34.3 Å². The summed E-state index contributed by atoms with van der Waals surface area (Å²) in [6.07, 6.45) is 4.02. The van der Waals surface area contributed by atoms with Crippen LogP contribution in [0.25, 0.3) is 5.65 Å². The Morgan fingerprint density at radius 3 is 3.20 bits per heavy atom. The van der Waals surface area contributed by atoms with Gasteiger partial charge in [-0.1, -0.05) is 17.8 Å². The summed E-state index contributed by atoms with van der Waals surface area (Å²) in [7, 11) is 0. The Labute approximate surface area is 148 Å². The van der Waals surface area contributed by atoms with Gasteiger partial charge < -0.3 is 4.74 Å². The van der Waals surface area contributed by atoms with Crippen LogP contribution in [-0.4, -0.2) is 42.3 Å². The van der Waals surface area contributed by atoms with Crippen LogP contribution in [0.4, 0.5) is 0 Å². The van der Waals surface area contributed by atoms with Gasteiger partial charge in [-0.25, -0.2) is 9.67 Å². The summed E-state index contributed by atoms with van der Waals surface area (Å²) in [5.41, 5.74) is 2.29. The Balaban J connectivity index is 1.52. The third-order valence-corrected chi connectivity index (χ3v) is 5.18. The van der Waals surface area contributed by atoms with Gasteiger partial charge in [0, 0.05) is 24.6 Å². The average Bonchev–Trinajstić information content (AvgIpc) is 3.26. The molecule has 0 bridgehead atoms. The second-order valence-electron chi connectivity index (χ2n) is 6.04. The Bertz CT molecular complexity index is 947. The van der Waals surface area contributed by atoms with E-state index in [9.17, 15) is 4.79 Å². The standard InChI is InChI=1S/C16H18N6O2S/c1-11-4-2-6-21-14(23)8-12(17-15(11)21)10-25-16-18-19-20-22(16)9-13-5-3-7-24-13/h2,4,6,8,13H,3,5,7,9-10H2,1H3. The molecule has 0 spiro atoms. The average molecular weight is 358 g/mol. The lowest BCUT2D eigenvalue weighted by molar-refractivity contribution is 0.0912. The third-order valence-electron chi connectivity index (χ3n) is 4.19. The van der Waals surface area contributed by atoms with Gasteiger partial charge in [-0.15, -0.1) is 5.10 Å². The number of fused-ring (bicyclic) bond motifs is 1. The van der Waals surface area contributed by atoms with Crippen molar-refractivity contribution in [2.45, 2.75) is 43.3 Å². The summed E-state index contributed by atoms with van der Waals surface area (Å²) in [5, 5.41) is 12.6. The number of pyridine rings is 1. The predicted octanol–water partition coefficient (Wildman–Crippen LogP) is 1.46. The first-order valence-corrected chi connectivity index (χ1v) is 9.18. The Kier molecular flexibility index (Phi) is 4.50. The van der Waals surface area contributed by atoms with Crippen LogP contribution in [0, 0.1) is 6.92 Å². The first-order chi connectivity index (χ1) is 12.2. The molecule has 130 valence electrons. The molecule has 1 saturated heterocycles. The number of nitrogens with zero attached hydrogens (tertiary/aromatic N) is 6. The summed E-state index contributed by atoms with van der Waals surface area (Å²) >= 11 is 1.47. The minimum Gasteiger partial charge on any atom is -0.376 e. The molecular formula is C16H18N6O2S. The van der Waals surface area contributed by atoms with E-state index in [-0.39, 0.29) is 11.7 Å². The van der Waals surface area contributed by atoms with Crippen molar-refractivity contribution in [2.75, 3.05) is 6.61 Å². The van der Waals surface area contributed by atoms with E-state index in [2.05, 4.69) is 20.5 Å². The summed E-state index contributed by atoms with van der Waals surface area (Å²) in [6.45, 7) is 3.41. The molecule has 0 aliphatic carbocycles. The van der Waals surface area contributed by atoms with Crippen LogP contribution in [0.1, 0.15) is 24.1 Å². The highest BCUT2D eigenvalue weighted by Gasteiger charge is 2.19. The molecule has 0 N–H and O–H groups in total. The number of aromatic nitrogens is 6. The quantitative estimate of drug-likeness (QED) is 0.638. The van der Waals surface area contributed by atoms with Crippen LogP contribution in [0.2, 0.25) is 0 Å². The van der Waals surface area contributed by atoms with Gasteiger partial charge in [-0.2, -0.15) is 0 Å². The molecule has 0 saturated carbocycles. The molecule has 1 unspecified atom stereocenters. The van der Waals surface area contributed by atoms with Crippen LogP contribution < -0.4 is 5.56 Å². The van der Waals surface area contributed by atoms with Crippen molar-refractivity contribution in [3.05, 3.63) is 46.0 Å². The molecule has 0 amide bonds. The zero-order valence-corrected chi connectivity index (χ0v) is 14.6. The number of aryl methyl sites for hydroxylation is 1. The summed E-state index contributed by atoms with van der Waals surface area (Å²) in [6, 6.07) is 5.35. The van der Waals surface area contributed by atoms with E-state index in [0.717, 1.165) is 30.7 Å². The predicted molar refractivity (Wildman–Crippen MR) is 92.6 cm³/mol. The maximum atomic E-state index is 12.3. The Hall–Kier alpha value is -2.26. The molecule has 1 fully saturated rings. The van der Waals surface area contributed by atoms with Crippen LogP contribution in [0.5, 0.6) is 0 Å². The maximum absolute atomic E-state index is 12.3. The van der Waals surface area contributed by atoms with Gasteiger partial charge in [0.2, 0.25) is 5.16 Å². The topological polar surface area (TPSA) is 87.2 Å². The number of ether oxygens (including phenoxy) is 1. The van der Waals surface area contributed by atoms with E-state index in [0.29, 0.717) is 23.1 Å². The minimum atomic E-state index is -0.0803. The molecule has 25 heavy (non-hydrogen) atoms. The second kappa shape index (κ2) is 6.93. The fourth-order valence-corrected chi connectivity index (χ4v) is 3.70. The molecule has 8 nitrogen and oxygen atoms in total. The number of hydrogen-bond donors (Lipinski definition) is 0. The number of hydrogen-bond acceptors (Lipinski definition) is 7. The molecule has 0 radical (unpaired) electrons. The minimum absolute atomic E-state index is 0.0803. The van der Waals surface area contributed by atoms with E-state index in [1.54, 1.807) is 21.3 Å².